The molecule has 1 aromatic carbocycles. The molecule has 0 radical (unpaired) electrons. The summed E-state index contributed by atoms with van der Waals surface area (Å²) in [6.07, 6.45) is 0. The van der Waals surface area contributed by atoms with Crippen molar-refractivity contribution in [2.24, 2.45) is 0 Å². The number of rotatable bonds is 4. The molecule has 0 saturated carbocycles. The minimum absolute atomic E-state index is 0.267. The lowest BCUT2D eigenvalue weighted by molar-refractivity contribution is 0.241. The molecule has 0 bridgehead atoms. The molecule has 0 aliphatic carbocycles. The van der Waals surface area contributed by atoms with E-state index in [1.54, 1.807) is 0 Å². The summed E-state index contributed by atoms with van der Waals surface area (Å²) in [5.41, 5.74) is 2.33. The standard InChI is InChI=1S/C14H18N2O2/c1-9(2)14-15-13(18-16-14)8-17-12-6-5-10(3)7-11(12)4/h5-7,9H,8H2,1-4H3. The molecule has 1 aromatic heterocycles. The van der Waals surface area contributed by atoms with Gasteiger partial charge >= 0.3 is 0 Å². The molecule has 0 fully saturated rings. The largest absolute Gasteiger partial charge is 0.483 e. The zero-order valence-corrected chi connectivity index (χ0v) is 11.2. The van der Waals surface area contributed by atoms with Crippen molar-refractivity contribution in [3.63, 3.8) is 0 Å². The molecule has 0 atom stereocenters. The molecule has 2 aromatic rings. The molecule has 4 nitrogen and oxygen atoms in total. The van der Waals surface area contributed by atoms with E-state index in [0.29, 0.717) is 18.3 Å². The van der Waals surface area contributed by atoms with Gasteiger partial charge in [0.05, 0.1) is 0 Å². The average molecular weight is 246 g/mol. The molecule has 1 heterocycles. The van der Waals surface area contributed by atoms with Crippen molar-refractivity contribution < 1.29 is 9.26 Å². The van der Waals surface area contributed by atoms with Crippen molar-refractivity contribution in [2.75, 3.05) is 0 Å². The van der Waals surface area contributed by atoms with E-state index in [4.69, 9.17) is 9.26 Å². The monoisotopic (exact) mass is 246 g/mol. The van der Waals surface area contributed by atoms with Crippen LogP contribution in [0.5, 0.6) is 5.75 Å². The summed E-state index contributed by atoms with van der Waals surface area (Å²) in [4.78, 5) is 4.27. The zero-order valence-electron chi connectivity index (χ0n) is 11.2. The highest BCUT2D eigenvalue weighted by Gasteiger charge is 2.10. The zero-order chi connectivity index (χ0) is 13.1. The molecule has 0 saturated heterocycles. The van der Waals surface area contributed by atoms with Crippen molar-refractivity contribution >= 4 is 0 Å². The van der Waals surface area contributed by atoms with Crippen LogP contribution in [-0.4, -0.2) is 10.1 Å². The van der Waals surface area contributed by atoms with Gasteiger partial charge < -0.3 is 9.26 Å². The summed E-state index contributed by atoms with van der Waals surface area (Å²) in [6.45, 7) is 8.45. The Morgan fingerprint density at radius 2 is 2.06 bits per heavy atom. The van der Waals surface area contributed by atoms with Crippen LogP contribution in [0.3, 0.4) is 0 Å². The maximum atomic E-state index is 5.67. The fraction of sp³-hybridized carbons (Fsp3) is 0.429. The maximum absolute atomic E-state index is 5.67. The average Bonchev–Trinajstić information content (AvgIpc) is 2.76. The fourth-order valence-electron chi connectivity index (χ4n) is 1.66. The molecule has 0 aliphatic heterocycles. The molecule has 18 heavy (non-hydrogen) atoms. The molecular formula is C14H18N2O2. The van der Waals surface area contributed by atoms with Crippen LogP contribution in [0.4, 0.5) is 0 Å². The molecule has 0 N–H and O–H groups in total. The van der Waals surface area contributed by atoms with Gasteiger partial charge in [-0.3, -0.25) is 0 Å². The molecular weight excluding hydrogens is 228 g/mol. The second-order valence-corrected chi connectivity index (χ2v) is 4.76. The van der Waals surface area contributed by atoms with E-state index in [1.807, 2.05) is 32.9 Å². The number of benzene rings is 1. The van der Waals surface area contributed by atoms with Gasteiger partial charge in [0.1, 0.15) is 5.75 Å². The first-order valence-corrected chi connectivity index (χ1v) is 6.09. The molecule has 2 rings (SSSR count). The molecule has 0 spiro atoms. The predicted octanol–water partition coefficient (Wildman–Crippen LogP) is 3.39. The Morgan fingerprint density at radius 1 is 1.28 bits per heavy atom. The van der Waals surface area contributed by atoms with Crippen molar-refractivity contribution in [1.82, 2.24) is 10.1 Å². The van der Waals surface area contributed by atoms with Gasteiger partial charge in [0.2, 0.25) is 0 Å². The lowest BCUT2D eigenvalue weighted by Crippen LogP contribution is -1.98. The van der Waals surface area contributed by atoms with E-state index < -0.39 is 0 Å². The van der Waals surface area contributed by atoms with Gasteiger partial charge in [0, 0.05) is 5.92 Å². The highest BCUT2D eigenvalue weighted by atomic mass is 16.5. The van der Waals surface area contributed by atoms with Gasteiger partial charge in [-0.05, 0) is 25.5 Å². The van der Waals surface area contributed by atoms with Crippen LogP contribution in [0, 0.1) is 13.8 Å². The Kier molecular flexibility index (Phi) is 3.65. The van der Waals surface area contributed by atoms with Gasteiger partial charge in [-0.2, -0.15) is 4.98 Å². The number of nitrogens with zero attached hydrogens (tertiary/aromatic N) is 2. The van der Waals surface area contributed by atoms with E-state index in [9.17, 15) is 0 Å². The molecule has 0 aliphatic rings. The first-order chi connectivity index (χ1) is 8.56. The highest BCUT2D eigenvalue weighted by molar-refractivity contribution is 5.35. The van der Waals surface area contributed by atoms with Crippen LogP contribution in [-0.2, 0) is 6.61 Å². The molecule has 0 amide bonds. The van der Waals surface area contributed by atoms with Crippen molar-refractivity contribution in [3.8, 4) is 5.75 Å². The highest BCUT2D eigenvalue weighted by Crippen LogP contribution is 2.20. The normalized spacial score (nSPS) is 10.9. The van der Waals surface area contributed by atoms with Gasteiger partial charge in [0.25, 0.3) is 5.89 Å². The third-order valence-electron chi connectivity index (χ3n) is 2.68. The van der Waals surface area contributed by atoms with E-state index >= 15 is 0 Å². The summed E-state index contributed by atoms with van der Waals surface area (Å²) in [5, 5.41) is 3.90. The third kappa shape index (κ3) is 2.88. The second-order valence-electron chi connectivity index (χ2n) is 4.76. The number of ether oxygens (including phenoxy) is 1. The van der Waals surface area contributed by atoms with Crippen LogP contribution in [0.15, 0.2) is 22.7 Å². The van der Waals surface area contributed by atoms with E-state index in [2.05, 4.69) is 23.1 Å². The minimum atomic E-state index is 0.267. The fourth-order valence-corrected chi connectivity index (χ4v) is 1.66. The topological polar surface area (TPSA) is 48.2 Å². The van der Waals surface area contributed by atoms with Crippen LogP contribution < -0.4 is 4.74 Å². The van der Waals surface area contributed by atoms with Crippen LogP contribution in [0.1, 0.15) is 42.6 Å². The SMILES string of the molecule is Cc1ccc(OCc2nc(C(C)C)no2)c(C)c1. The van der Waals surface area contributed by atoms with Gasteiger partial charge in [0.15, 0.2) is 12.4 Å². The lowest BCUT2D eigenvalue weighted by Gasteiger charge is -2.07. The predicted molar refractivity (Wildman–Crippen MR) is 68.6 cm³/mol. The van der Waals surface area contributed by atoms with Gasteiger partial charge in [-0.1, -0.05) is 36.7 Å². The Labute approximate surface area is 107 Å². The number of hydrogen-bond donors (Lipinski definition) is 0. The number of hydrogen-bond acceptors (Lipinski definition) is 4. The third-order valence-corrected chi connectivity index (χ3v) is 2.68. The van der Waals surface area contributed by atoms with Gasteiger partial charge in [-0.25, -0.2) is 0 Å². The van der Waals surface area contributed by atoms with Crippen LogP contribution >= 0.6 is 0 Å². The Morgan fingerprint density at radius 3 is 2.67 bits per heavy atom. The van der Waals surface area contributed by atoms with E-state index in [0.717, 1.165) is 11.3 Å². The smallest absolute Gasteiger partial charge is 0.264 e. The van der Waals surface area contributed by atoms with Crippen molar-refractivity contribution in [1.29, 1.82) is 0 Å². The molecule has 0 unspecified atom stereocenters. The van der Waals surface area contributed by atoms with E-state index in [-0.39, 0.29) is 5.92 Å². The Bertz CT molecular complexity index is 532. The van der Waals surface area contributed by atoms with Crippen LogP contribution in [0.25, 0.3) is 0 Å². The summed E-state index contributed by atoms with van der Waals surface area (Å²) in [7, 11) is 0. The van der Waals surface area contributed by atoms with Crippen molar-refractivity contribution in [3.05, 3.63) is 41.0 Å². The lowest BCUT2D eigenvalue weighted by atomic mass is 10.1. The quantitative estimate of drug-likeness (QED) is 0.829. The Balaban J connectivity index is 2.02. The minimum Gasteiger partial charge on any atom is -0.483 e. The second kappa shape index (κ2) is 5.21. The van der Waals surface area contributed by atoms with Gasteiger partial charge in [-0.15, -0.1) is 0 Å². The molecule has 4 heteroatoms. The molecule has 96 valence electrons. The van der Waals surface area contributed by atoms with Crippen LogP contribution in [0.2, 0.25) is 0 Å². The first kappa shape index (κ1) is 12.6. The summed E-state index contributed by atoms with van der Waals surface area (Å²) in [5.74, 6) is 2.35. The summed E-state index contributed by atoms with van der Waals surface area (Å²) < 4.78 is 10.8. The summed E-state index contributed by atoms with van der Waals surface area (Å²) in [6, 6.07) is 6.07. The number of aromatic nitrogens is 2. The van der Waals surface area contributed by atoms with Crippen molar-refractivity contribution in [2.45, 2.75) is 40.2 Å². The summed E-state index contributed by atoms with van der Waals surface area (Å²) >= 11 is 0. The Hall–Kier alpha value is -1.84. The number of aryl methyl sites for hydroxylation is 2. The van der Waals surface area contributed by atoms with E-state index in [1.165, 1.54) is 5.56 Å². The first-order valence-electron chi connectivity index (χ1n) is 6.09. The maximum Gasteiger partial charge on any atom is 0.264 e.